The van der Waals surface area contributed by atoms with Gasteiger partial charge >= 0.3 is 0 Å². The molecule has 0 saturated carbocycles. The summed E-state index contributed by atoms with van der Waals surface area (Å²) in [6, 6.07) is 5.27. The van der Waals surface area contributed by atoms with Crippen molar-refractivity contribution < 1.29 is 4.39 Å². The molecule has 0 aliphatic carbocycles. The first-order chi connectivity index (χ1) is 6.72. The fourth-order valence-electron chi connectivity index (χ4n) is 1.50. The van der Waals surface area contributed by atoms with Crippen LogP contribution in [0, 0.1) is 0 Å². The predicted molar refractivity (Wildman–Crippen MR) is 58.9 cm³/mol. The Bertz CT molecular complexity index is 452. The number of hydrogen-bond acceptors (Lipinski definition) is 1. The number of aromatic nitrogens is 1. The summed E-state index contributed by atoms with van der Waals surface area (Å²) in [7, 11) is 0. The van der Waals surface area contributed by atoms with Gasteiger partial charge in [0, 0.05) is 21.6 Å². The van der Waals surface area contributed by atoms with Crippen LogP contribution in [-0.2, 0) is 0 Å². The van der Waals surface area contributed by atoms with Crippen LogP contribution >= 0.6 is 15.9 Å². The van der Waals surface area contributed by atoms with E-state index in [0.717, 1.165) is 20.9 Å². The van der Waals surface area contributed by atoms with E-state index in [4.69, 9.17) is 5.73 Å². The molecule has 1 aromatic heterocycles. The van der Waals surface area contributed by atoms with Gasteiger partial charge in [-0.15, -0.1) is 0 Å². The average Bonchev–Trinajstić information content (AvgIpc) is 2.59. The Balaban J connectivity index is 2.61. The van der Waals surface area contributed by atoms with Gasteiger partial charge in [-0.3, -0.25) is 0 Å². The van der Waals surface area contributed by atoms with Crippen LogP contribution in [0.15, 0.2) is 28.9 Å². The number of alkyl halides is 1. The van der Waals surface area contributed by atoms with Crippen molar-refractivity contribution in [2.45, 2.75) is 6.04 Å². The molecule has 0 unspecified atom stereocenters. The fraction of sp³-hybridized carbons (Fsp3) is 0.200. The molecule has 1 heterocycles. The van der Waals surface area contributed by atoms with Crippen molar-refractivity contribution in [1.82, 2.24) is 4.98 Å². The maximum absolute atomic E-state index is 12.4. The third kappa shape index (κ3) is 1.55. The van der Waals surface area contributed by atoms with E-state index in [-0.39, 0.29) is 0 Å². The van der Waals surface area contributed by atoms with Crippen LogP contribution < -0.4 is 5.73 Å². The standard InChI is InChI=1S/C10H10BrFN2/c11-6-1-2-10-7(3-6)8(5-14-10)9(13)4-12/h1-3,5,9,14H,4,13H2/t9-/m0/s1. The highest BCUT2D eigenvalue weighted by Gasteiger charge is 2.11. The molecule has 0 bridgehead atoms. The number of aromatic amines is 1. The topological polar surface area (TPSA) is 41.8 Å². The number of benzene rings is 1. The molecule has 0 amide bonds. The van der Waals surface area contributed by atoms with Crippen molar-refractivity contribution >= 4 is 26.8 Å². The van der Waals surface area contributed by atoms with Gasteiger partial charge in [0.1, 0.15) is 6.67 Å². The van der Waals surface area contributed by atoms with Gasteiger partial charge in [-0.1, -0.05) is 15.9 Å². The quantitative estimate of drug-likeness (QED) is 0.853. The lowest BCUT2D eigenvalue weighted by atomic mass is 10.1. The molecule has 1 aromatic carbocycles. The highest BCUT2D eigenvalue weighted by Crippen LogP contribution is 2.26. The van der Waals surface area contributed by atoms with Gasteiger partial charge < -0.3 is 10.7 Å². The summed E-state index contributed by atoms with van der Waals surface area (Å²) >= 11 is 3.37. The average molecular weight is 257 g/mol. The second-order valence-corrected chi connectivity index (χ2v) is 4.11. The van der Waals surface area contributed by atoms with E-state index in [2.05, 4.69) is 20.9 Å². The van der Waals surface area contributed by atoms with Gasteiger partial charge in [0.2, 0.25) is 0 Å². The number of nitrogens with two attached hydrogens (primary N) is 1. The summed E-state index contributed by atoms with van der Waals surface area (Å²) in [4.78, 5) is 3.06. The van der Waals surface area contributed by atoms with Gasteiger partial charge in [0.25, 0.3) is 0 Å². The second-order valence-electron chi connectivity index (χ2n) is 3.19. The zero-order valence-electron chi connectivity index (χ0n) is 7.43. The number of nitrogens with one attached hydrogen (secondary N) is 1. The molecule has 2 nitrogen and oxygen atoms in total. The van der Waals surface area contributed by atoms with Crippen molar-refractivity contribution in [2.24, 2.45) is 5.73 Å². The summed E-state index contributed by atoms with van der Waals surface area (Å²) in [5, 5.41) is 0.976. The number of rotatable bonds is 2. The third-order valence-electron chi connectivity index (χ3n) is 2.24. The minimum absolute atomic E-state index is 0.542. The summed E-state index contributed by atoms with van der Waals surface area (Å²) in [5.74, 6) is 0. The number of hydrogen-bond donors (Lipinski definition) is 2. The van der Waals surface area contributed by atoms with Crippen molar-refractivity contribution in [3.8, 4) is 0 Å². The first-order valence-corrected chi connectivity index (χ1v) is 5.09. The lowest BCUT2D eigenvalue weighted by molar-refractivity contribution is 0.438. The normalized spacial score (nSPS) is 13.4. The van der Waals surface area contributed by atoms with Gasteiger partial charge in [-0.2, -0.15) is 0 Å². The molecule has 2 rings (SSSR count). The highest BCUT2D eigenvalue weighted by molar-refractivity contribution is 9.10. The van der Waals surface area contributed by atoms with Crippen LogP contribution in [0.25, 0.3) is 10.9 Å². The van der Waals surface area contributed by atoms with Gasteiger partial charge in [-0.25, -0.2) is 4.39 Å². The van der Waals surface area contributed by atoms with Crippen molar-refractivity contribution in [1.29, 1.82) is 0 Å². The van der Waals surface area contributed by atoms with Crippen molar-refractivity contribution in [2.75, 3.05) is 6.67 Å². The second kappa shape index (κ2) is 3.71. The molecule has 0 radical (unpaired) electrons. The SMILES string of the molecule is N[C@@H](CF)c1c[nH]c2ccc(Br)cc12. The number of H-pyrrole nitrogens is 1. The summed E-state index contributed by atoms with van der Waals surface area (Å²) in [6.07, 6.45) is 1.77. The molecular formula is C10H10BrFN2. The van der Waals surface area contributed by atoms with E-state index in [1.807, 2.05) is 18.2 Å². The van der Waals surface area contributed by atoms with E-state index >= 15 is 0 Å². The van der Waals surface area contributed by atoms with Crippen molar-refractivity contribution in [3.05, 3.63) is 34.4 Å². The van der Waals surface area contributed by atoms with Gasteiger partial charge in [-0.05, 0) is 23.8 Å². The Morgan fingerprint density at radius 3 is 3.00 bits per heavy atom. The summed E-state index contributed by atoms with van der Waals surface area (Å²) in [5.41, 5.74) is 7.45. The molecule has 14 heavy (non-hydrogen) atoms. The molecule has 1 atom stereocenters. The Kier molecular flexibility index (Phi) is 2.56. The summed E-state index contributed by atoms with van der Waals surface area (Å²) in [6.45, 7) is -0.542. The Morgan fingerprint density at radius 1 is 1.50 bits per heavy atom. The molecule has 0 saturated heterocycles. The molecule has 74 valence electrons. The van der Waals surface area contributed by atoms with E-state index in [1.165, 1.54) is 0 Å². The molecule has 0 aliphatic rings. The first-order valence-electron chi connectivity index (χ1n) is 4.30. The molecule has 2 aromatic rings. The minimum atomic E-state index is -0.543. The van der Waals surface area contributed by atoms with Crippen LogP contribution in [-0.4, -0.2) is 11.7 Å². The molecule has 3 N–H and O–H groups in total. The highest BCUT2D eigenvalue weighted by atomic mass is 79.9. The minimum Gasteiger partial charge on any atom is -0.361 e. The largest absolute Gasteiger partial charge is 0.361 e. The van der Waals surface area contributed by atoms with E-state index in [9.17, 15) is 4.39 Å². The van der Waals surface area contributed by atoms with Crippen molar-refractivity contribution in [3.63, 3.8) is 0 Å². The number of halogens is 2. The monoisotopic (exact) mass is 256 g/mol. The van der Waals surface area contributed by atoms with Crippen LogP contribution in [0.3, 0.4) is 0 Å². The van der Waals surface area contributed by atoms with Crippen LogP contribution in [0.5, 0.6) is 0 Å². The smallest absolute Gasteiger partial charge is 0.109 e. The van der Waals surface area contributed by atoms with Crippen LogP contribution in [0.1, 0.15) is 11.6 Å². The Morgan fingerprint density at radius 2 is 2.29 bits per heavy atom. The Labute approximate surface area is 89.4 Å². The van der Waals surface area contributed by atoms with Gasteiger partial charge in [0.05, 0.1) is 6.04 Å². The molecule has 0 spiro atoms. The maximum atomic E-state index is 12.4. The molecule has 0 fully saturated rings. The maximum Gasteiger partial charge on any atom is 0.109 e. The van der Waals surface area contributed by atoms with E-state index in [1.54, 1.807) is 6.20 Å². The lowest BCUT2D eigenvalue weighted by Gasteiger charge is -2.04. The summed E-state index contributed by atoms with van der Waals surface area (Å²) < 4.78 is 13.4. The predicted octanol–water partition coefficient (Wildman–Crippen LogP) is 2.90. The first kappa shape index (κ1) is 9.68. The van der Waals surface area contributed by atoms with Gasteiger partial charge in [0.15, 0.2) is 0 Å². The Hall–Kier alpha value is -0.870. The zero-order valence-corrected chi connectivity index (χ0v) is 9.01. The van der Waals surface area contributed by atoms with E-state index in [0.29, 0.717) is 0 Å². The molecule has 0 aliphatic heterocycles. The van der Waals surface area contributed by atoms with E-state index < -0.39 is 12.7 Å². The fourth-order valence-corrected chi connectivity index (χ4v) is 1.87. The van der Waals surface area contributed by atoms with Crippen LogP contribution in [0.2, 0.25) is 0 Å². The number of fused-ring (bicyclic) bond motifs is 1. The zero-order chi connectivity index (χ0) is 10.1. The third-order valence-corrected chi connectivity index (χ3v) is 2.73. The van der Waals surface area contributed by atoms with Crippen LogP contribution in [0.4, 0.5) is 4.39 Å². The molecule has 4 heteroatoms. The molecular weight excluding hydrogens is 247 g/mol. The lowest BCUT2D eigenvalue weighted by Crippen LogP contribution is -2.11.